The fourth-order valence-electron chi connectivity index (χ4n) is 1.57. The van der Waals surface area contributed by atoms with Gasteiger partial charge in [0.1, 0.15) is 0 Å². The number of benzene rings is 1. The van der Waals surface area contributed by atoms with Crippen LogP contribution in [0.1, 0.15) is 11.1 Å². The first-order chi connectivity index (χ1) is 9.25. The molecule has 0 bridgehead atoms. The van der Waals surface area contributed by atoms with Gasteiger partial charge in [0.2, 0.25) is 0 Å². The van der Waals surface area contributed by atoms with Crippen molar-refractivity contribution in [3.05, 3.63) is 65.9 Å². The molecule has 0 aliphatic heterocycles. The highest BCUT2D eigenvalue weighted by Gasteiger charge is 2.01. The van der Waals surface area contributed by atoms with Crippen molar-refractivity contribution in [2.45, 2.75) is 10.8 Å². The van der Waals surface area contributed by atoms with E-state index in [9.17, 15) is 4.79 Å². The Morgan fingerprint density at radius 2 is 2.00 bits per heavy atom. The molecule has 3 nitrogen and oxygen atoms in total. The molecule has 0 aliphatic rings. The summed E-state index contributed by atoms with van der Waals surface area (Å²) in [6.45, 7) is 0. The fourth-order valence-corrected chi connectivity index (χ4v) is 2.45. The number of carboxylic acids is 1. The van der Waals surface area contributed by atoms with Crippen molar-refractivity contribution in [1.82, 2.24) is 4.98 Å². The van der Waals surface area contributed by atoms with E-state index >= 15 is 0 Å². The monoisotopic (exact) mass is 271 g/mol. The predicted octanol–water partition coefficient (Wildman–Crippen LogP) is 3.47. The van der Waals surface area contributed by atoms with E-state index in [2.05, 4.69) is 4.98 Å². The zero-order chi connectivity index (χ0) is 13.5. The molecule has 2 rings (SSSR count). The third-order valence-corrected chi connectivity index (χ3v) is 3.47. The van der Waals surface area contributed by atoms with Crippen LogP contribution in [-0.4, -0.2) is 16.1 Å². The molecule has 0 fully saturated rings. The lowest BCUT2D eigenvalue weighted by atomic mass is 10.1. The predicted molar refractivity (Wildman–Crippen MR) is 76.9 cm³/mol. The van der Waals surface area contributed by atoms with Crippen molar-refractivity contribution in [3.8, 4) is 0 Å². The molecule has 19 heavy (non-hydrogen) atoms. The maximum Gasteiger partial charge on any atom is 0.328 e. The average molecular weight is 271 g/mol. The summed E-state index contributed by atoms with van der Waals surface area (Å²) in [7, 11) is 0. The number of hydrogen-bond acceptors (Lipinski definition) is 3. The molecule has 1 aromatic carbocycles. The fraction of sp³-hybridized carbons (Fsp3) is 0.0667. The number of carbonyl (C=O) groups is 1. The Kier molecular flexibility index (Phi) is 4.75. The highest BCUT2D eigenvalue weighted by Crippen LogP contribution is 2.23. The van der Waals surface area contributed by atoms with Crippen molar-refractivity contribution in [2.75, 3.05) is 0 Å². The van der Waals surface area contributed by atoms with Gasteiger partial charge in [-0.05, 0) is 29.3 Å². The maximum absolute atomic E-state index is 10.6. The minimum absolute atomic E-state index is 0.761. The molecule has 0 unspecified atom stereocenters. The molecule has 0 radical (unpaired) electrons. The Bertz CT molecular complexity index is 582. The molecule has 0 saturated carbocycles. The number of aromatic nitrogens is 1. The van der Waals surface area contributed by atoms with Crippen LogP contribution >= 0.6 is 11.8 Å². The van der Waals surface area contributed by atoms with Gasteiger partial charge in [0, 0.05) is 18.0 Å². The Morgan fingerprint density at radius 1 is 1.21 bits per heavy atom. The van der Waals surface area contributed by atoms with Crippen molar-refractivity contribution < 1.29 is 9.90 Å². The molecule has 1 aromatic heterocycles. The van der Waals surface area contributed by atoms with Crippen LogP contribution in [0, 0.1) is 0 Å². The van der Waals surface area contributed by atoms with Gasteiger partial charge in [0.15, 0.2) is 0 Å². The normalized spacial score (nSPS) is 10.7. The van der Waals surface area contributed by atoms with Gasteiger partial charge in [0.25, 0.3) is 0 Å². The van der Waals surface area contributed by atoms with Crippen LogP contribution in [0.15, 0.2) is 59.8 Å². The molecule has 0 aliphatic carbocycles. The van der Waals surface area contributed by atoms with Gasteiger partial charge in [-0.15, -0.1) is 11.8 Å². The number of thioether (sulfide) groups is 1. The van der Waals surface area contributed by atoms with E-state index in [0.29, 0.717) is 0 Å². The van der Waals surface area contributed by atoms with Gasteiger partial charge < -0.3 is 5.11 Å². The summed E-state index contributed by atoms with van der Waals surface area (Å²) < 4.78 is 0. The Balaban J connectivity index is 2.10. The number of rotatable bonds is 5. The summed E-state index contributed by atoms with van der Waals surface area (Å²) in [6.07, 6.45) is 4.54. The lowest BCUT2D eigenvalue weighted by Crippen LogP contribution is -1.89. The smallest absolute Gasteiger partial charge is 0.328 e. The van der Waals surface area contributed by atoms with Gasteiger partial charge in [-0.3, -0.25) is 0 Å². The van der Waals surface area contributed by atoms with E-state index in [1.807, 2.05) is 42.5 Å². The average Bonchev–Trinajstić information content (AvgIpc) is 2.45. The quantitative estimate of drug-likeness (QED) is 0.668. The maximum atomic E-state index is 10.6. The highest BCUT2D eigenvalue weighted by atomic mass is 32.2. The lowest BCUT2D eigenvalue weighted by Gasteiger charge is -2.05. The zero-order valence-electron chi connectivity index (χ0n) is 10.2. The third kappa shape index (κ3) is 4.26. The molecule has 0 saturated heterocycles. The van der Waals surface area contributed by atoms with Crippen LogP contribution < -0.4 is 0 Å². The van der Waals surface area contributed by atoms with Crippen LogP contribution in [0.25, 0.3) is 6.08 Å². The molecule has 1 N–H and O–H groups in total. The highest BCUT2D eigenvalue weighted by molar-refractivity contribution is 7.98. The van der Waals surface area contributed by atoms with E-state index in [1.54, 1.807) is 24.0 Å². The first-order valence-electron chi connectivity index (χ1n) is 5.78. The third-order valence-electron chi connectivity index (χ3n) is 2.47. The summed E-state index contributed by atoms with van der Waals surface area (Å²) in [5, 5.41) is 9.63. The SMILES string of the molecule is O=C(O)/C=C/c1ccccc1CSc1ccccn1. The molecule has 0 atom stereocenters. The van der Waals surface area contributed by atoms with Crippen molar-refractivity contribution >= 4 is 23.8 Å². The molecular weight excluding hydrogens is 258 g/mol. The minimum Gasteiger partial charge on any atom is -0.478 e. The summed E-state index contributed by atoms with van der Waals surface area (Å²) in [6, 6.07) is 13.5. The van der Waals surface area contributed by atoms with Crippen LogP contribution in [0.5, 0.6) is 0 Å². The first-order valence-corrected chi connectivity index (χ1v) is 6.77. The second kappa shape index (κ2) is 6.75. The Morgan fingerprint density at radius 3 is 2.74 bits per heavy atom. The second-order valence-electron chi connectivity index (χ2n) is 3.83. The lowest BCUT2D eigenvalue weighted by molar-refractivity contribution is -0.131. The topological polar surface area (TPSA) is 50.2 Å². The van der Waals surface area contributed by atoms with Crippen molar-refractivity contribution in [1.29, 1.82) is 0 Å². The van der Waals surface area contributed by atoms with Crippen molar-refractivity contribution in [3.63, 3.8) is 0 Å². The van der Waals surface area contributed by atoms with Crippen LogP contribution in [0.3, 0.4) is 0 Å². The zero-order valence-corrected chi connectivity index (χ0v) is 11.0. The first kappa shape index (κ1) is 13.4. The molecular formula is C15H13NO2S. The number of hydrogen-bond donors (Lipinski definition) is 1. The van der Waals surface area contributed by atoms with Crippen LogP contribution in [0.2, 0.25) is 0 Å². The van der Waals surface area contributed by atoms with Gasteiger partial charge in [-0.1, -0.05) is 30.3 Å². The summed E-state index contributed by atoms with van der Waals surface area (Å²) in [5.74, 6) is -0.177. The largest absolute Gasteiger partial charge is 0.478 e. The number of aliphatic carboxylic acids is 1. The van der Waals surface area contributed by atoms with Gasteiger partial charge >= 0.3 is 5.97 Å². The molecule has 2 aromatic rings. The molecule has 0 spiro atoms. The molecule has 4 heteroatoms. The summed E-state index contributed by atoms with van der Waals surface area (Å²) >= 11 is 1.63. The van der Waals surface area contributed by atoms with E-state index in [1.165, 1.54) is 0 Å². The number of pyridine rings is 1. The minimum atomic E-state index is -0.938. The van der Waals surface area contributed by atoms with Gasteiger partial charge in [-0.25, -0.2) is 9.78 Å². The number of nitrogens with zero attached hydrogens (tertiary/aromatic N) is 1. The van der Waals surface area contributed by atoms with Crippen LogP contribution in [0.4, 0.5) is 0 Å². The summed E-state index contributed by atoms with van der Waals surface area (Å²) in [4.78, 5) is 14.8. The van der Waals surface area contributed by atoms with Gasteiger partial charge in [-0.2, -0.15) is 0 Å². The summed E-state index contributed by atoms with van der Waals surface area (Å²) in [5.41, 5.74) is 2.02. The van der Waals surface area contributed by atoms with Gasteiger partial charge in [0.05, 0.1) is 5.03 Å². The molecule has 0 amide bonds. The molecule has 96 valence electrons. The van der Waals surface area contributed by atoms with E-state index < -0.39 is 5.97 Å². The van der Waals surface area contributed by atoms with E-state index in [-0.39, 0.29) is 0 Å². The standard InChI is InChI=1S/C15H13NO2S/c17-15(18)9-8-12-5-1-2-6-13(12)11-19-14-7-3-4-10-16-14/h1-10H,11H2,(H,17,18)/b9-8+. The van der Waals surface area contributed by atoms with Crippen LogP contribution in [-0.2, 0) is 10.5 Å². The molecule has 1 heterocycles. The Labute approximate surface area is 116 Å². The van der Waals surface area contributed by atoms with Crippen molar-refractivity contribution in [2.24, 2.45) is 0 Å². The number of carboxylic acid groups (broad SMARTS) is 1. The second-order valence-corrected chi connectivity index (χ2v) is 4.82. The van der Waals surface area contributed by atoms with E-state index in [0.717, 1.165) is 28.0 Å². The Hall–Kier alpha value is -2.07. The van der Waals surface area contributed by atoms with E-state index in [4.69, 9.17) is 5.11 Å².